The van der Waals surface area contributed by atoms with Crippen molar-refractivity contribution >= 4 is 17.4 Å². The van der Waals surface area contributed by atoms with Gasteiger partial charge in [-0.15, -0.1) is 0 Å². The number of ketones is 1. The molecule has 1 heterocycles. The maximum atomic E-state index is 12.5. The zero-order chi connectivity index (χ0) is 13.9. The third-order valence-electron chi connectivity index (χ3n) is 3.72. The van der Waals surface area contributed by atoms with Gasteiger partial charge in [0.25, 0.3) is 0 Å². The zero-order valence-corrected chi connectivity index (χ0v) is 11.9. The van der Waals surface area contributed by atoms with Crippen LogP contribution >= 0.6 is 11.6 Å². The second kappa shape index (κ2) is 5.78. The summed E-state index contributed by atoms with van der Waals surface area (Å²) in [6, 6.07) is 15.5. The molecule has 3 heteroatoms. The molecule has 1 N–H and O–H groups in total. The number of nitrogens with one attached hydrogen (secondary N) is 1. The molecule has 2 nitrogen and oxygen atoms in total. The van der Waals surface area contributed by atoms with Crippen LogP contribution < -0.4 is 5.32 Å². The number of halogens is 1. The van der Waals surface area contributed by atoms with Crippen molar-refractivity contribution in [2.24, 2.45) is 0 Å². The van der Waals surface area contributed by atoms with Crippen molar-refractivity contribution in [3.63, 3.8) is 0 Å². The van der Waals surface area contributed by atoms with Crippen LogP contribution in [0.3, 0.4) is 0 Å². The molecule has 1 aliphatic rings. The highest BCUT2D eigenvalue weighted by molar-refractivity contribution is 6.30. The Morgan fingerprint density at radius 2 is 1.90 bits per heavy atom. The van der Waals surface area contributed by atoms with E-state index in [-0.39, 0.29) is 11.8 Å². The number of rotatable bonds is 3. The van der Waals surface area contributed by atoms with E-state index in [0.717, 1.165) is 24.1 Å². The minimum absolute atomic E-state index is 0.185. The zero-order valence-electron chi connectivity index (χ0n) is 11.1. The number of carbonyl (C=O) groups excluding carboxylic acids is 1. The van der Waals surface area contributed by atoms with Gasteiger partial charge in [-0.1, -0.05) is 48.0 Å². The Labute approximate surface area is 123 Å². The molecule has 0 spiro atoms. The minimum atomic E-state index is -0.185. The maximum Gasteiger partial charge on any atom is 0.158 e. The molecule has 0 saturated heterocycles. The molecular formula is C17H16ClNO. The number of carbonyl (C=O) groups is 1. The SMILES string of the molecule is O=C(Cc1ccc(Cl)cc1)C1NCCc2ccccc21. The van der Waals surface area contributed by atoms with Gasteiger partial charge in [0.15, 0.2) is 5.78 Å². The summed E-state index contributed by atoms with van der Waals surface area (Å²) < 4.78 is 0. The second-order valence-electron chi connectivity index (χ2n) is 5.11. The van der Waals surface area contributed by atoms with Crippen molar-refractivity contribution in [3.05, 3.63) is 70.2 Å². The van der Waals surface area contributed by atoms with Crippen LogP contribution in [-0.4, -0.2) is 12.3 Å². The summed E-state index contributed by atoms with van der Waals surface area (Å²) in [5.41, 5.74) is 3.41. The van der Waals surface area contributed by atoms with Gasteiger partial charge in [-0.05, 0) is 35.2 Å². The highest BCUT2D eigenvalue weighted by Crippen LogP contribution is 2.24. The predicted octanol–water partition coefficient (Wildman–Crippen LogP) is 3.34. The van der Waals surface area contributed by atoms with E-state index in [0.29, 0.717) is 11.4 Å². The van der Waals surface area contributed by atoms with E-state index in [1.54, 1.807) is 0 Å². The highest BCUT2D eigenvalue weighted by Gasteiger charge is 2.25. The van der Waals surface area contributed by atoms with E-state index >= 15 is 0 Å². The first-order valence-electron chi connectivity index (χ1n) is 6.82. The van der Waals surface area contributed by atoms with Gasteiger partial charge in [-0.3, -0.25) is 4.79 Å². The fourth-order valence-electron chi connectivity index (χ4n) is 2.70. The number of benzene rings is 2. The Morgan fingerprint density at radius 1 is 1.15 bits per heavy atom. The van der Waals surface area contributed by atoms with Crippen LogP contribution in [0.2, 0.25) is 5.02 Å². The number of fused-ring (bicyclic) bond motifs is 1. The maximum absolute atomic E-state index is 12.5. The molecule has 0 saturated carbocycles. The van der Waals surface area contributed by atoms with Gasteiger partial charge in [0.2, 0.25) is 0 Å². The molecule has 2 aromatic carbocycles. The van der Waals surface area contributed by atoms with Crippen molar-refractivity contribution in [3.8, 4) is 0 Å². The van der Waals surface area contributed by atoms with Crippen molar-refractivity contribution in [1.82, 2.24) is 5.32 Å². The fraction of sp³-hybridized carbons (Fsp3) is 0.235. The topological polar surface area (TPSA) is 29.1 Å². The van der Waals surface area contributed by atoms with Crippen LogP contribution in [0.5, 0.6) is 0 Å². The standard InChI is InChI=1S/C17H16ClNO/c18-14-7-5-12(6-8-14)11-16(20)17-15-4-2-1-3-13(15)9-10-19-17/h1-8,17,19H,9-11H2. The van der Waals surface area contributed by atoms with Gasteiger partial charge in [0.05, 0.1) is 6.04 Å². The molecule has 20 heavy (non-hydrogen) atoms. The molecule has 0 aliphatic carbocycles. The average Bonchev–Trinajstić information content (AvgIpc) is 2.49. The van der Waals surface area contributed by atoms with Gasteiger partial charge in [-0.25, -0.2) is 0 Å². The van der Waals surface area contributed by atoms with E-state index < -0.39 is 0 Å². The molecule has 0 radical (unpaired) electrons. The molecule has 0 aromatic heterocycles. The molecule has 1 atom stereocenters. The average molecular weight is 286 g/mol. The van der Waals surface area contributed by atoms with Gasteiger partial charge >= 0.3 is 0 Å². The third kappa shape index (κ3) is 2.77. The number of hydrogen-bond donors (Lipinski definition) is 1. The first-order valence-corrected chi connectivity index (χ1v) is 7.20. The van der Waals surface area contributed by atoms with Gasteiger partial charge in [0, 0.05) is 18.0 Å². The summed E-state index contributed by atoms with van der Waals surface area (Å²) in [4.78, 5) is 12.5. The van der Waals surface area contributed by atoms with Crippen molar-refractivity contribution < 1.29 is 4.79 Å². The molecule has 0 bridgehead atoms. The van der Waals surface area contributed by atoms with Gasteiger partial charge in [-0.2, -0.15) is 0 Å². The quantitative estimate of drug-likeness (QED) is 0.937. The Balaban J connectivity index is 1.80. The fourth-order valence-corrected chi connectivity index (χ4v) is 2.82. The Bertz CT molecular complexity index is 621. The monoisotopic (exact) mass is 285 g/mol. The van der Waals surface area contributed by atoms with E-state index in [2.05, 4.69) is 11.4 Å². The summed E-state index contributed by atoms with van der Waals surface area (Å²) in [7, 11) is 0. The van der Waals surface area contributed by atoms with Crippen LogP contribution in [0.4, 0.5) is 0 Å². The Kier molecular flexibility index (Phi) is 3.86. The van der Waals surface area contributed by atoms with Gasteiger partial charge in [0.1, 0.15) is 0 Å². The molecule has 3 rings (SSSR count). The lowest BCUT2D eigenvalue weighted by Crippen LogP contribution is -2.35. The van der Waals surface area contributed by atoms with Crippen molar-refractivity contribution in [1.29, 1.82) is 0 Å². The summed E-state index contributed by atoms with van der Waals surface area (Å²) in [6.45, 7) is 0.855. The van der Waals surface area contributed by atoms with E-state index in [1.165, 1.54) is 5.56 Å². The molecule has 2 aromatic rings. The van der Waals surface area contributed by atoms with Crippen LogP contribution in [0, 0.1) is 0 Å². The third-order valence-corrected chi connectivity index (χ3v) is 3.97. The second-order valence-corrected chi connectivity index (χ2v) is 5.54. The van der Waals surface area contributed by atoms with Crippen LogP contribution in [0.25, 0.3) is 0 Å². The minimum Gasteiger partial charge on any atom is -0.303 e. The molecular weight excluding hydrogens is 270 g/mol. The van der Waals surface area contributed by atoms with E-state index in [4.69, 9.17) is 11.6 Å². The predicted molar refractivity (Wildman–Crippen MR) is 81.1 cm³/mol. The summed E-state index contributed by atoms with van der Waals surface area (Å²) in [5.74, 6) is 0.208. The lowest BCUT2D eigenvalue weighted by molar-refractivity contribution is -0.120. The van der Waals surface area contributed by atoms with Crippen LogP contribution in [0.15, 0.2) is 48.5 Å². The van der Waals surface area contributed by atoms with Crippen molar-refractivity contribution in [2.45, 2.75) is 18.9 Å². The van der Waals surface area contributed by atoms with Gasteiger partial charge < -0.3 is 5.32 Å². The summed E-state index contributed by atoms with van der Waals surface area (Å²) in [6.07, 6.45) is 1.42. The Hall–Kier alpha value is -1.64. The molecule has 1 aliphatic heterocycles. The largest absolute Gasteiger partial charge is 0.303 e. The lowest BCUT2D eigenvalue weighted by atomic mass is 9.90. The molecule has 1 unspecified atom stereocenters. The summed E-state index contributed by atoms with van der Waals surface area (Å²) in [5, 5.41) is 4.03. The first kappa shape index (κ1) is 13.3. The van der Waals surface area contributed by atoms with Crippen LogP contribution in [-0.2, 0) is 17.6 Å². The smallest absolute Gasteiger partial charge is 0.158 e. The number of hydrogen-bond acceptors (Lipinski definition) is 2. The summed E-state index contributed by atoms with van der Waals surface area (Å²) >= 11 is 5.87. The molecule has 0 amide bonds. The first-order chi connectivity index (χ1) is 9.74. The van der Waals surface area contributed by atoms with Crippen molar-refractivity contribution in [2.75, 3.05) is 6.54 Å². The Morgan fingerprint density at radius 3 is 2.70 bits per heavy atom. The molecule has 0 fully saturated rings. The molecule has 102 valence electrons. The highest BCUT2D eigenvalue weighted by atomic mass is 35.5. The van der Waals surface area contributed by atoms with E-state index in [9.17, 15) is 4.79 Å². The lowest BCUT2D eigenvalue weighted by Gasteiger charge is -2.25. The normalized spacial score (nSPS) is 17.6. The van der Waals surface area contributed by atoms with E-state index in [1.807, 2.05) is 42.5 Å². The van der Waals surface area contributed by atoms with Crippen LogP contribution in [0.1, 0.15) is 22.7 Å². The number of Topliss-reactive ketones (excluding diaryl/α,β-unsaturated/α-hetero) is 1.